The van der Waals surface area contributed by atoms with E-state index in [0.717, 1.165) is 4.90 Å². The number of nitrogens with zero attached hydrogens (tertiary/aromatic N) is 1. The van der Waals surface area contributed by atoms with E-state index in [-0.39, 0.29) is 17.5 Å². The lowest BCUT2D eigenvalue weighted by Gasteiger charge is -2.10. The summed E-state index contributed by atoms with van der Waals surface area (Å²) in [7, 11) is 0. The molecular weight excluding hydrogens is 294 g/mol. The molecule has 0 aromatic heterocycles. The van der Waals surface area contributed by atoms with Crippen molar-refractivity contribution < 1.29 is 10.0 Å². The number of nitro benzene ring substituents is 1. The maximum absolute atomic E-state index is 10.7. The Balaban J connectivity index is 3.05. The Kier molecular flexibility index (Phi) is 4.76. The van der Waals surface area contributed by atoms with Gasteiger partial charge in [-0.3, -0.25) is 10.1 Å². The average Bonchev–Trinajstić information content (AvgIpc) is 2.22. The van der Waals surface area contributed by atoms with Crippen LogP contribution in [0.25, 0.3) is 0 Å². The Morgan fingerprint density at radius 3 is 2.75 bits per heavy atom. The van der Waals surface area contributed by atoms with Crippen LogP contribution in [-0.2, 0) is 0 Å². The van der Waals surface area contributed by atoms with Crippen LogP contribution in [0.15, 0.2) is 21.5 Å². The number of hydrogen-bond acceptors (Lipinski definition) is 4. The molecule has 6 heteroatoms. The van der Waals surface area contributed by atoms with Crippen LogP contribution in [0.5, 0.6) is 0 Å². The molecule has 0 spiro atoms. The zero-order chi connectivity index (χ0) is 12.3. The van der Waals surface area contributed by atoms with Gasteiger partial charge in [-0.05, 0) is 28.9 Å². The number of thioether (sulfide) groups is 1. The Hall–Kier alpha value is -0.590. The van der Waals surface area contributed by atoms with Gasteiger partial charge in [0.25, 0.3) is 5.69 Å². The Labute approximate surface area is 106 Å². The monoisotopic (exact) mass is 305 g/mol. The molecule has 0 aliphatic carbocycles. The topological polar surface area (TPSA) is 63.4 Å². The van der Waals surface area contributed by atoms with E-state index in [4.69, 9.17) is 5.11 Å². The van der Waals surface area contributed by atoms with Crippen molar-refractivity contribution in [1.29, 1.82) is 0 Å². The molecule has 1 N–H and O–H groups in total. The van der Waals surface area contributed by atoms with Gasteiger partial charge in [-0.15, -0.1) is 11.8 Å². The number of aliphatic hydroxyl groups excluding tert-OH is 1. The van der Waals surface area contributed by atoms with Crippen LogP contribution < -0.4 is 0 Å². The summed E-state index contributed by atoms with van der Waals surface area (Å²) in [4.78, 5) is 11.2. The summed E-state index contributed by atoms with van der Waals surface area (Å²) in [5.41, 5.74) is 0.730. The first kappa shape index (κ1) is 13.5. The van der Waals surface area contributed by atoms with E-state index in [0.29, 0.717) is 10.0 Å². The van der Waals surface area contributed by atoms with Gasteiger partial charge in [0.05, 0.1) is 11.5 Å². The van der Waals surface area contributed by atoms with Crippen molar-refractivity contribution in [3.63, 3.8) is 0 Å². The fourth-order valence-corrected chi connectivity index (χ4v) is 2.72. The van der Waals surface area contributed by atoms with Crippen LogP contribution in [0.4, 0.5) is 5.69 Å². The molecule has 88 valence electrons. The third-order valence-electron chi connectivity index (χ3n) is 2.03. The van der Waals surface area contributed by atoms with Crippen molar-refractivity contribution in [3.8, 4) is 0 Å². The zero-order valence-electron chi connectivity index (χ0n) is 8.94. The average molecular weight is 306 g/mol. The molecule has 0 bridgehead atoms. The van der Waals surface area contributed by atoms with Crippen LogP contribution in [0, 0.1) is 17.0 Å². The number of benzene rings is 1. The van der Waals surface area contributed by atoms with Gasteiger partial charge in [0.1, 0.15) is 0 Å². The second-order valence-corrected chi connectivity index (χ2v) is 5.77. The van der Waals surface area contributed by atoms with Crippen molar-refractivity contribution in [2.45, 2.75) is 24.0 Å². The third-order valence-corrected chi connectivity index (χ3v) is 4.09. The van der Waals surface area contributed by atoms with Gasteiger partial charge in [-0.25, -0.2) is 0 Å². The second kappa shape index (κ2) is 5.65. The lowest BCUT2D eigenvalue weighted by molar-refractivity contribution is -0.385. The molecule has 0 saturated carbocycles. The first-order valence-corrected chi connectivity index (χ1v) is 6.35. The highest BCUT2D eigenvalue weighted by Crippen LogP contribution is 2.35. The fourth-order valence-electron chi connectivity index (χ4n) is 1.19. The zero-order valence-corrected chi connectivity index (χ0v) is 11.3. The molecule has 1 rings (SSSR count). The maximum Gasteiger partial charge on any atom is 0.273 e. The number of halogens is 1. The van der Waals surface area contributed by atoms with Crippen LogP contribution in [0.1, 0.15) is 12.5 Å². The summed E-state index contributed by atoms with van der Waals surface area (Å²) in [6, 6.07) is 3.26. The summed E-state index contributed by atoms with van der Waals surface area (Å²) in [6.45, 7) is 3.68. The molecule has 1 aromatic carbocycles. The Morgan fingerprint density at radius 1 is 1.62 bits per heavy atom. The number of hydrogen-bond donors (Lipinski definition) is 1. The fraction of sp³-hybridized carbons (Fsp3) is 0.400. The van der Waals surface area contributed by atoms with Crippen molar-refractivity contribution in [2.24, 2.45) is 0 Å². The highest BCUT2D eigenvalue weighted by molar-refractivity contribution is 9.10. The summed E-state index contributed by atoms with van der Waals surface area (Å²) in [5, 5.41) is 19.7. The highest BCUT2D eigenvalue weighted by Gasteiger charge is 2.15. The van der Waals surface area contributed by atoms with Crippen molar-refractivity contribution in [1.82, 2.24) is 0 Å². The quantitative estimate of drug-likeness (QED) is 0.527. The lowest BCUT2D eigenvalue weighted by Crippen LogP contribution is -2.02. The number of aryl methyl sites for hydroxylation is 1. The standard InChI is InChI=1S/C10H12BrNO3S/c1-6-3-10(16-7(2)5-13)8(11)4-9(6)12(14)15/h3-4,7,13H,5H2,1-2H3. The Morgan fingerprint density at radius 2 is 2.25 bits per heavy atom. The van der Waals surface area contributed by atoms with Crippen molar-refractivity contribution in [3.05, 3.63) is 32.3 Å². The molecule has 0 fully saturated rings. The first-order valence-electron chi connectivity index (χ1n) is 4.67. The van der Waals surface area contributed by atoms with Gasteiger partial charge in [0.2, 0.25) is 0 Å². The largest absolute Gasteiger partial charge is 0.395 e. The summed E-state index contributed by atoms with van der Waals surface area (Å²) in [6.07, 6.45) is 0. The molecule has 0 heterocycles. The minimum Gasteiger partial charge on any atom is -0.395 e. The predicted molar refractivity (Wildman–Crippen MR) is 67.9 cm³/mol. The van der Waals surface area contributed by atoms with E-state index < -0.39 is 4.92 Å². The number of nitro groups is 1. The molecule has 0 radical (unpaired) electrons. The van der Waals surface area contributed by atoms with Gasteiger partial charge >= 0.3 is 0 Å². The second-order valence-electron chi connectivity index (χ2n) is 3.44. The minimum absolute atomic E-state index is 0.0668. The maximum atomic E-state index is 10.7. The van der Waals surface area contributed by atoms with Gasteiger partial charge < -0.3 is 5.11 Å². The summed E-state index contributed by atoms with van der Waals surface area (Å²) in [5.74, 6) is 0. The van der Waals surface area contributed by atoms with E-state index in [1.807, 2.05) is 6.92 Å². The molecule has 0 aliphatic rings. The lowest BCUT2D eigenvalue weighted by atomic mass is 10.2. The van der Waals surface area contributed by atoms with Gasteiger partial charge in [-0.2, -0.15) is 0 Å². The van der Waals surface area contributed by atoms with Gasteiger partial charge in [0, 0.05) is 26.2 Å². The number of rotatable bonds is 4. The molecule has 0 amide bonds. The molecule has 1 aromatic rings. The van der Waals surface area contributed by atoms with E-state index >= 15 is 0 Å². The normalized spacial score (nSPS) is 12.5. The first-order chi connectivity index (χ1) is 7.45. The van der Waals surface area contributed by atoms with E-state index in [9.17, 15) is 10.1 Å². The van der Waals surface area contributed by atoms with Crippen molar-refractivity contribution in [2.75, 3.05) is 6.61 Å². The molecule has 1 atom stereocenters. The van der Waals surface area contributed by atoms with Gasteiger partial charge in [0.15, 0.2) is 0 Å². The van der Waals surface area contributed by atoms with Crippen LogP contribution in [0.3, 0.4) is 0 Å². The van der Waals surface area contributed by atoms with Gasteiger partial charge in [-0.1, -0.05) is 6.92 Å². The highest BCUT2D eigenvalue weighted by atomic mass is 79.9. The summed E-state index contributed by atoms with van der Waals surface area (Å²) < 4.78 is 0.690. The SMILES string of the molecule is Cc1cc(SC(C)CO)c(Br)cc1[N+](=O)[O-]. The van der Waals surface area contributed by atoms with Crippen LogP contribution in [0.2, 0.25) is 0 Å². The third kappa shape index (κ3) is 3.20. The molecular formula is C10H12BrNO3S. The van der Waals surface area contributed by atoms with Crippen LogP contribution in [-0.4, -0.2) is 21.9 Å². The molecule has 1 unspecified atom stereocenters. The summed E-state index contributed by atoms with van der Waals surface area (Å²) >= 11 is 4.79. The van der Waals surface area contributed by atoms with Crippen molar-refractivity contribution >= 4 is 33.4 Å². The smallest absolute Gasteiger partial charge is 0.273 e. The predicted octanol–water partition coefficient (Wildman–Crippen LogP) is 3.14. The molecule has 0 aliphatic heterocycles. The molecule has 16 heavy (non-hydrogen) atoms. The van der Waals surface area contributed by atoms with E-state index in [2.05, 4.69) is 15.9 Å². The van der Waals surface area contributed by atoms with Crippen LogP contribution >= 0.6 is 27.7 Å². The minimum atomic E-state index is -0.399. The number of aliphatic hydroxyl groups is 1. The van der Waals surface area contributed by atoms with E-state index in [1.54, 1.807) is 13.0 Å². The molecule has 0 saturated heterocycles. The Bertz CT molecular complexity index is 411. The molecule has 4 nitrogen and oxygen atoms in total. The van der Waals surface area contributed by atoms with E-state index in [1.165, 1.54) is 17.8 Å².